The summed E-state index contributed by atoms with van der Waals surface area (Å²) >= 11 is 0. The average Bonchev–Trinajstić information content (AvgIpc) is 3.16. The molecule has 0 bridgehead atoms. The van der Waals surface area contributed by atoms with Gasteiger partial charge in [0.1, 0.15) is 5.75 Å². The first-order valence-electron chi connectivity index (χ1n) is 10.4. The van der Waals surface area contributed by atoms with Gasteiger partial charge >= 0.3 is 6.18 Å². The van der Waals surface area contributed by atoms with Crippen LogP contribution in [0.15, 0.2) is 73.3 Å². The van der Waals surface area contributed by atoms with Gasteiger partial charge in [0.15, 0.2) is 5.60 Å². The molecular weight excluding hydrogens is 431 g/mol. The summed E-state index contributed by atoms with van der Waals surface area (Å²) in [5.74, 6) is -0.132. The Morgan fingerprint density at radius 2 is 1.73 bits per heavy atom. The van der Waals surface area contributed by atoms with Crippen LogP contribution in [0.2, 0.25) is 0 Å². The van der Waals surface area contributed by atoms with Crippen LogP contribution in [-0.4, -0.2) is 36.5 Å². The van der Waals surface area contributed by atoms with Gasteiger partial charge in [0.25, 0.3) is 0 Å². The molecule has 4 rings (SSSR count). The van der Waals surface area contributed by atoms with Crippen molar-refractivity contribution in [2.24, 2.45) is 0 Å². The summed E-state index contributed by atoms with van der Waals surface area (Å²) in [6.45, 7) is 2.47. The van der Waals surface area contributed by atoms with Crippen molar-refractivity contribution in [1.82, 2.24) is 14.5 Å². The molecule has 5 nitrogen and oxygen atoms in total. The first-order chi connectivity index (χ1) is 15.5. The van der Waals surface area contributed by atoms with Crippen molar-refractivity contribution in [2.45, 2.75) is 44.0 Å². The molecule has 0 spiro atoms. The highest BCUT2D eigenvalue weighted by Gasteiger charge is 2.56. The van der Waals surface area contributed by atoms with Gasteiger partial charge in [-0.3, -0.25) is 9.97 Å². The highest BCUT2D eigenvalue weighted by molar-refractivity contribution is 5.75. The molecule has 1 unspecified atom stereocenters. The summed E-state index contributed by atoms with van der Waals surface area (Å²) in [5, 5.41) is 21.5. The molecule has 0 fully saturated rings. The maximum Gasteiger partial charge on any atom is 0.418 e. The van der Waals surface area contributed by atoms with E-state index in [1.807, 2.05) is 6.07 Å². The third-order valence-corrected chi connectivity index (χ3v) is 5.95. The fourth-order valence-corrected chi connectivity index (χ4v) is 4.30. The van der Waals surface area contributed by atoms with Crippen molar-refractivity contribution < 1.29 is 23.4 Å². The number of benzene rings is 1. The normalized spacial score (nSPS) is 14.4. The van der Waals surface area contributed by atoms with Gasteiger partial charge in [0.2, 0.25) is 0 Å². The lowest BCUT2D eigenvalue weighted by atomic mass is 9.74. The Hall–Kier alpha value is -3.39. The highest BCUT2D eigenvalue weighted by atomic mass is 19.4. The molecule has 3 heterocycles. The first-order valence-corrected chi connectivity index (χ1v) is 10.4. The number of hydrogen-bond acceptors (Lipinski definition) is 4. The molecule has 0 radical (unpaired) electrons. The van der Waals surface area contributed by atoms with Crippen LogP contribution < -0.4 is 0 Å². The van der Waals surface area contributed by atoms with Crippen LogP contribution in [0.1, 0.15) is 25.8 Å². The SMILES string of the molecule is CC(C)(CC(O)(Cn1ccc2ncccc21)C(F)(F)F)c1cc(-c2cccnc2)ccc1O. The number of phenols is 1. The second-order valence-corrected chi connectivity index (χ2v) is 8.92. The van der Waals surface area contributed by atoms with Gasteiger partial charge in [-0.25, -0.2) is 0 Å². The van der Waals surface area contributed by atoms with E-state index in [4.69, 9.17) is 0 Å². The van der Waals surface area contributed by atoms with Crippen LogP contribution in [0.4, 0.5) is 13.2 Å². The van der Waals surface area contributed by atoms with Gasteiger partial charge in [-0.15, -0.1) is 0 Å². The number of phenolic OH excluding ortho intramolecular Hbond substituents is 1. The zero-order chi connectivity index (χ0) is 23.9. The van der Waals surface area contributed by atoms with E-state index in [0.717, 1.165) is 5.56 Å². The molecule has 1 aromatic carbocycles. The summed E-state index contributed by atoms with van der Waals surface area (Å²) in [4.78, 5) is 8.22. The topological polar surface area (TPSA) is 71.2 Å². The lowest BCUT2D eigenvalue weighted by Crippen LogP contribution is -2.52. The van der Waals surface area contributed by atoms with Gasteiger partial charge in [0.05, 0.1) is 17.6 Å². The Morgan fingerprint density at radius 1 is 0.970 bits per heavy atom. The molecule has 8 heteroatoms. The molecule has 0 amide bonds. The smallest absolute Gasteiger partial charge is 0.418 e. The fourth-order valence-electron chi connectivity index (χ4n) is 4.30. The maximum atomic E-state index is 14.2. The number of aliphatic hydroxyl groups is 1. The highest BCUT2D eigenvalue weighted by Crippen LogP contribution is 2.45. The number of aromatic nitrogens is 3. The zero-order valence-corrected chi connectivity index (χ0v) is 18.2. The second-order valence-electron chi connectivity index (χ2n) is 8.92. The van der Waals surface area contributed by atoms with Gasteiger partial charge in [-0.2, -0.15) is 13.2 Å². The number of rotatable bonds is 6. The number of hydrogen-bond donors (Lipinski definition) is 2. The Kier molecular flexibility index (Phi) is 5.66. The van der Waals surface area contributed by atoms with Crippen LogP contribution in [0.5, 0.6) is 5.75 Å². The molecule has 33 heavy (non-hydrogen) atoms. The van der Waals surface area contributed by atoms with Crippen LogP contribution in [0.3, 0.4) is 0 Å². The third kappa shape index (κ3) is 4.43. The van der Waals surface area contributed by atoms with E-state index in [-0.39, 0.29) is 5.75 Å². The average molecular weight is 455 g/mol. The Morgan fingerprint density at radius 3 is 2.42 bits per heavy atom. The van der Waals surface area contributed by atoms with Crippen molar-refractivity contribution in [3.63, 3.8) is 0 Å². The van der Waals surface area contributed by atoms with Crippen molar-refractivity contribution >= 4 is 11.0 Å². The van der Waals surface area contributed by atoms with Gasteiger partial charge in [-0.05, 0) is 53.8 Å². The van der Waals surface area contributed by atoms with Crippen LogP contribution in [0, 0.1) is 0 Å². The molecule has 3 aromatic heterocycles. The maximum absolute atomic E-state index is 14.2. The van der Waals surface area contributed by atoms with Crippen LogP contribution >= 0.6 is 0 Å². The number of nitrogens with zero attached hydrogens (tertiary/aromatic N) is 3. The molecule has 2 N–H and O–H groups in total. The lowest BCUT2D eigenvalue weighted by Gasteiger charge is -2.38. The number of fused-ring (bicyclic) bond motifs is 1. The summed E-state index contributed by atoms with van der Waals surface area (Å²) in [6, 6.07) is 13.3. The zero-order valence-electron chi connectivity index (χ0n) is 18.2. The monoisotopic (exact) mass is 455 g/mol. The van der Waals surface area contributed by atoms with Crippen LogP contribution in [0.25, 0.3) is 22.2 Å². The lowest BCUT2D eigenvalue weighted by molar-refractivity contribution is -0.271. The van der Waals surface area contributed by atoms with Crippen LogP contribution in [-0.2, 0) is 12.0 Å². The van der Waals surface area contributed by atoms with Crippen molar-refractivity contribution in [3.8, 4) is 16.9 Å². The minimum atomic E-state index is -4.90. The summed E-state index contributed by atoms with van der Waals surface area (Å²) in [5.41, 5.74) is -1.43. The number of aromatic hydroxyl groups is 1. The quantitative estimate of drug-likeness (QED) is 0.405. The van der Waals surface area contributed by atoms with Gasteiger partial charge < -0.3 is 14.8 Å². The first kappa shape index (κ1) is 22.8. The molecule has 0 aliphatic rings. The Balaban J connectivity index is 1.72. The Labute approximate surface area is 189 Å². The summed E-state index contributed by atoms with van der Waals surface area (Å²) < 4.78 is 44.1. The van der Waals surface area contributed by atoms with Gasteiger partial charge in [-0.1, -0.05) is 26.0 Å². The van der Waals surface area contributed by atoms with Gasteiger partial charge in [0, 0.05) is 35.9 Å². The van der Waals surface area contributed by atoms with E-state index in [2.05, 4.69) is 9.97 Å². The second kappa shape index (κ2) is 8.19. The van der Waals surface area contributed by atoms with E-state index in [9.17, 15) is 23.4 Å². The molecule has 0 saturated carbocycles. The minimum absolute atomic E-state index is 0.132. The molecule has 0 aliphatic heterocycles. The molecule has 4 aromatic rings. The predicted molar refractivity (Wildman–Crippen MR) is 120 cm³/mol. The molecular formula is C25H24F3N3O2. The minimum Gasteiger partial charge on any atom is -0.508 e. The predicted octanol–water partition coefficient (Wildman–Crippen LogP) is 5.47. The number of halogens is 3. The summed E-state index contributed by atoms with van der Waals surface area (Å²) in [7, 11) is 0. The van der Waals surface area contributed by atoms with E-state index in [1.54, 1.807) is 68.8 Å². The van der Waals surface area contributed by atoms with E-state index < -0.39 is 30.2 Å². The fraction of sp³-hybridized carbons (Fsp3) is 0.280. The molecule has 0 aliphatic carbocycles. The van der Waals surface area contributed by atoms with Crippen molar-refractivity contribution in [2.75, 3.05) is 0 Å². The summed E-state index contributed by atoms with van der Waals surface area (Å²) in [6.07, 6.45) is 0.748. The number of alkyl halides is 3. The third-order valence-electron chi connectivity index (χ3n) is 5.95. The number of pyridine rings is 2. The Bertz CT molecular complexity index is 1270. The standard InChI is InChI=1S/C25H24F3N3O2/c1-23(2,19-13-17(7-8-22(19)32)18-5-3-10-29-14-18)15-24(33,25(26,27)28)16-31-12-9-20-21(31)6-4-11-30-20/h3-14,32-33H,15-16H2,1-2H3. The van der Waals surface area contributed by atoms with E-state index in [0.29, 0.717) is 22.2 Å². The largest absolute Gasteiger partial charge is 0.508 e. The molecule has 0 saturated heterocycles. The molecule has 1 atom stereocenters. The molecule has 172 valence electrons. The van der Waals surface area contributed by atoms with E-state index >= 15 is 0 Å². The van der Waals surface area contributed by atoms with E-state index in [1.165, 1.54) is 16.8 Å². The van der Waals surface area contributed by atoms with Crippen molar-refractivity contribution in [3.05, 3.63) is 78.9 Å². The van der Waals surface area contributed by atoms with Crippen molar-refractivity contribution in [1.29, 1.82) is 0 Å².